The normalized spacial score (nSPS) is 11.2. The lowest BCUT2D eigenvalue weighted by Gasteiger charge is -2.06. The number of aliphatic carboxylic acids is 1. The Hall–Kier alpha value is -4.70. The number of alkyl halides is 3. The van der Waals surface area contributed by atoms with E-state index in [4.69, 9.17) is 19.6 Å². The number of fused-ring (bicyclic) bond motifs is 1. The molecule has 0 unspecified atom stereocenters. The number of nitrogens with zero attached hydrogens (tertiary/aromatic N) is 1. The lowest BCUT2D eigenvalue weighted by molar-refractivity contribution is -0.192. The third-order valence-electron chi connectivity index (χ3n) is 5.35. The van der Waals surface area contributed by atoms with Gasteiger partial charge in [0.1, 0.15) is 17.3 Å². The number of aromatic nitrogens is 2. The maximum Gasteiger partial charge on any atom is 0.490 e. The molecule has 0 saturated carbocycles. The van der Waals surface area contributed by atoms with Crippen molar-refractivity contribution < 1.29 is 27.8 Å². The number of benzene rings is 4. The van der Waals surface area contributed by atoms with Crippen molar-refractivity contribution in [2.24, 2.45) is 0 Å². The van der Waals surface area contributed by atoms with Gasteiger partial charge in [-0.1, -0.05) is 60.7 Å². The van der Waals surface area contributed by atoms with Crippen molar-refractivity contribution in [3.63, 3.8) is 0 Å². The molecule has 0 aliphatic rings. The number of hydrogen-bond acceptors (Lipinski definition) is 5. The minimum atomic E-state index is -5.08. The SMILES string of the molecule is C(=C\c1ccccc1)/SNc1ccc2nc(Cc3ccc(Oc4ccccc4)cc3)[nH]c2c1.O=C(O)C(F)(F)F. The fourth-order valence-corrected chi connectivity index (χ4v) is 4.04. The molecule has 0 bridgehead atoms. The van der Waals surface area contributed by atoms with Gasteiger partial charge in [0.25, 0.3) is 0 Å². The lowest BCUT2D eigenvalue weighted by Crippen LogP contribution is -2.21. The molecule has 10 heteroatoms. The first-order chi connectivity index (χ1) is 19.3. The minimum absolute atomic E-state index is 0.734. The standard InChI is InChI=1S/C28H23N3OS.C2HF3O2/c1-3-7-21(8-4-1)17-18-33-31-23-13-16-26-27(20-23)30-28(29-26)19-22-11-14-25(15-12-22)32-24-9-5-2-6-10-24;3-2(4,5)1(6)7/h1-18,20,31H,19H2,(H,29,30);(H,6,7)/b18-17+;. The van der Waals surface area contributed by atoms with Crippen molar-refractivity contribution in [3.8, 4) is 11.5 Å². The van der Waals surface area contributed by atoms with Gasteiger partial charge in [-0.15, -0.1) is 0 Å². The largest absolute Gasteiger partial charge is 0.490 e. The van der Waals surface area contributed by atoms with E-state index < -0.39 is 12.1 Å². The molecule has 4 aromatic carbocycles. The van der Waals surface area contributed by atoms with Crippen LogP contribution in [0.2, 0.25) is 0 Å². The second kappa shape index (κ2) is 13.4. The molecule has 40 heavy (non-hydrogen) atoms. The Kier molecular flexibility index (Phi) is 9.48. The van der Waals surface area contributed by atoms with Crippen LogP contribution in [0.15, 0.2) is 109 Å². The molecule has 0 saturated heterocycles. The summed E-state index contributed by atoms with van der Waals surface area (Å²) < 4.78 is 41.0. The molecule has 0 aliphatic carbocycles. The van der Waals surface area contributed by atoms with Crippen molar-refractivity contribution >= 4 is 40.7 Å². The average molecular weight is 564 g/mol. The number of aromatic amines is 1. The number of anilines is 1. The molecule has 5 aromatic rings. The van der Waals surface area contributed by atoms with Gasteiger partial charge in [-0.3, -0.25) is 0 Å². The van der Waals surface area contributed by atoms with Gasteiger partial charge in [0.05, 0.1) is 11.0 Å². The molecule has 204 valence electrons. The van der Waals surface area contributed by atoms with Gasteiger partial charge >= 0.3 is 12.1 Å². The van der Waals surface area contributed by atoms with Crippen LogP contribution in [0.4, 0.5) is 18.9 Å². The molecule has 0 atom stereocenters. The predicted molar refractivity (Wildman–Crippen MR) is 152 cm³/mol. The molecular weight excluding hydrogens is 539 g/mol. The fraction of sp³-hybridized carbons (Fsp3) is 0.0667. The summed E-state index contributed by atoms with van der Waals surface area (Å²) in [4.78, 5) is 17.1. The van der Waals surface area contributed by atoms with E-state index in [1.54, 1.807) is 11.9 Å². The van der Waals surface area contributed by atoms with Crippen LogP contribution in [0.5, 0.6) is 11.5 Å². The molecule has 3 N–H and O–H groups in total. The Labute approximate surface area is 232 Å². The summed E-state index contributed by atoms with van der Waals surface area (Å²) >= 11 is 1.54. The second-order valence-corrected chi connectivity index (χ2v) is 9.10. The van der Waals surface area contributed by atoms with Crippen molar-refractivity contribution in [2.75, 3.05) is 4.72 Å². The number of rotatable bonds is 8. The molecule has 1 heterocycles. The summed E-state index contributed by atoms with van der Waals surface area (Å²) in [6.45, 7) is 0. The summed E-state index contributed by atoms with van der Waals surface area (Å²) in [6, 6.07) is 34.4. The molecule has 0 spiro atoms. The van der Waals surface area contributed by atoms with Crippen LogP contribution in [0, 0.1) is 0 Å². The van der Waals surface area contributed by atoms with E-state index in [1.807, 2.05) is 78.2 Å². The van der Waals surface area contributed by atoms with E-state index in [0.29, 0.717) is 0 Å². The molecule has 0 fully saturated rings. The van der Waals surface area contributed by atoms with Gasteiger partial charge in [-0.25, -0.2) is 9.78 Å². The van der Waals surface area contributed by atoms with E-state index in [9.17, 15) is 13.2 Å². The highest BCUT2D eigenvalue weighted by Gasteiger charge is 2.38. The van der Waals surface area contributed by atoms with Gasteiger partial charge in [-0.2, -0.15) is 13.2 Å². The van der Waals surface area contributed by atoms with Crippen molar-refractivity contribution in [1.82, 2.24) is 9.97 Å². The zero-order valence-corrected chi connectivity index (χ0v) is 21.7. The van der Waals surface area contributed by atoms with E-state index in [1.165, 1.54) is 11.1 Å². The number of carbonyl (C=O) groups is 1. The number of para-hydroxylation sites is 1. The first kappa shape index (κ1) is 28.3. The topological polar surface area (TPSA) is 87.2 Å². The summed E-state index contributed by atoms with van der Waals surface area (Å²) in [5.74, 6) is -0.159. The predicted octanol–water partition coefficient (Wildman–Crippen LogP) is 8.31. The van der Waals surface area contributed by atoms with Gasteiger partial charge in [-0.05, 0) is 77.0 Å². The average Bonchev–Trinajstić information content (AvgIpc) is 3.35. The van der Waals surface area contributed by atoms with Crippen LogP contribution in [-0.2, 0) is 11.2 Å². The Morgan fingerprint density at radius 1 is 0.925 bits per heavy atom. The quantitative estimate of drug-likeness (QED) is 0.165. The maximum absolute atomic E-state index is 10.6. The van der Waals surface area contributed by atoms with Gasteiger partial charge in [0, 0.05) is 12.1 Å². The van der Waals surface area contributed by atoms with Gasteiger partial charge in [0.2, 0.25) is 0 Å². The van der Waals surface area contributed by atoms with Gasteiger partial charge in [0.15, 0.2) is 0 Å². The van der Waals surface area contributed by atoms with Crippen LogP contribution in [-0.4, -0.2) is 27.2 Å². The van der Waals surface area contributed by atoms with Crippen LogP contribution < -0.4 is 9.46 Å². The Balaban J connectivity index is 0.000000470. The zero-order valence-electron chi connectivity index (χ0n) is 20.9. The number of halogens is 3. The van der Waals surface area contributed by atoms with Crippen LogP contribution in [0.25, 0.3) is 17.1 Å². The van der Waals surface area contributed by atoms with Crippen LogP contribution >= 0.6 is 11.9 Å². The molecular formula is C30H24F3N3O3S. The van der Waals surface area contributed by atoms with E-state index in [0.717, 1.165) is 40.5 Å². The van der Waals surface area contributed by atoms with E-state index in [2.05, 4.69) is 46.1 Å². The lowest BCUT2D eigenvalue weighted by atomic mass is 10.1. The highest BCUT2D eigenvalue weighted by Crippen LogP contribution is 2.24. The number of nitrogens with one attached hydrogen (secondary N) is 2. The summed E-state index contributed by atoms with van der Waals surface area (Å²) in [7, 11) is 0. The smallest absolute Gasteiger partial charge is 0.475 e. The minimum Gasteiger partial charge on any atom is -0.475 e. The highest BCUT2D eigenvalue weighted by molar-refractivity contribution is 8.03. The Bertz CT molecular complexity index is 1560. The van der Waals surface area contributed by atoms with Gasteiger partial charge < -0.3 is 19.5 Å². The third-order valence-corrected chi connectivity index (χ3v) is 5.98. The van der Waals surface area contributed by atoms with Crippen molar-refractivity contribution in [3.05, 3.63) is 125 Å². The van der Waals surface area contributed by atoms with Crippen molar-refractivity contribution in [1.29, 1.82) is 0 Å². The van der Waals surface area contributed by atoms with Crippen molar-refractivity contribution in [2.45, 2.75) is 12.6 Å². The first-order valence-corrected chi connectivity index (χ1v) is 12.9. The summed E-state index contributed by atoms with van der Waals surface area (Å²) in [5.41, 5.74) is 5.37. The fourth-order valence-electron chi connectivity index (χ4n) is 3.48. The molecule has 0 aliphatic heterocycles. The molecule has 5 rings (SSSR count). The third kappa shape index (κ3) is 8.67. The van der Waals surface area contributed by atoms with E-state index >= 15 is 0 Å². The zero-order chi connectivity index (χ0) is 28.4. The monoisotopic (exact) mass is 563 g/mol. The molecule has 0 radical (unpaired) electrons. The molecule has 6 nitrogen and oxygen atoms in total. The molecule has 0 amide bonds. The maximum atomic E-state index is 10.6. The number of carboxylic acid groups (broad SMARTS) is 1. The Morgan fingerprint density at radius 3 is 2.20 bits per heavy atom. The van der Waals surface area contributed by atoms with Crippen LogP contribution in [0.3, 0.4) is 0 Å². The number of ether oxygens (including phenoxy) is 1. The highest BCUT2D eigenvalue weighted by atomic mass is 32.2. The number of H-pyrrole nitrogens is 1. The van der Waals surface area contributed by atoms with E-state index in [-0.39, 0.29) is 0 Å². The number of imidazole rings is 1. The summed E-state index contributed by atoms with van der Waals surface area (Å²) in [5, 5.41) is 9.17. The van der Waals surface area contributed by atoms with Crippen LogP contribution in [0.1, 0.15) is 17.0 Å². The second-order valence-electron chi connectivity index (χ2n) is 8.39. The molecule has 1 aromatic heterocycles. The first-order valence-electron chi connectivity index (χ1n) is 12.0. The number of hydrogen-bond donors (Lipinski definition) is 3. The Morgan fingerprint density at radius 2 is 1.55 bits per heavy atom. The summed E-state index contributed by atoms with van der Waals surface area (Å²) in [6.07, 6.45) is -2.27. The number of carboxylic acids is 1.